The van der Waals surface area contributed by atoms with E-state index in [9.17, 15) is 9.59 Å². The van der Waals surface area contributed by atoms with Gasteiger partial charge in [0, 0.05) is 41.7 Å². The highest BCUT2D eigenvalue weighted by Gasteiger charge is 2.26. The summed E-state index contributed by atoms with van der Waals surface area (Å²) < 4.78 is 0. The van der Waals surface area contributed by atoms with Crippen molar-refractivity contribution in [1.29, 1.82) is 0 Å². The lowest BCUT2D eigenvalue weighted by molar-refractivity contribution is -0.124. The average Bonchev–Trinajstić information content (AvgIpc) is 2.74. The zero-order chi connectivity index (χ0) is 19.8. The Bertz CT molecular complexity index is 626. The first-order valence-corrected chi connectivity index (χ1v) is 11.6. The number of benzene rings is 1. The van der Waals surface area contributed by atoms with E-state index in [0.29, 0.717) is 6.04 Å². The fraction of sp³-hybridized carbons (Fsp3) is 0.636. The molecule has 1 heterocycles. The molecule has 2 fully saturated rings. The number of nitrogens with zero attached hydrogens (tertiary/aromatic N) is 1. The maximum Gasteiger partial charge on any atom is 0.317 e. The van der Waals surface area contributed by atoms with E-state index < -0.39 is 0 Å². The maximum absolute atomic E-state index is 12.5. The highest BCUT2D eigenvalue weighted by Crippen LogP contribution is 2.21. The SMILES string of the molecule is CC(CSc1ccccc1)C(=O)NC1CCN(C(=O)NC2CCCCC2)CC1. The molecule has 2 aliphatic rings. The number of urea groups is 1. The normalized spacial score (nSPS) is 19.8. The molecular weight excluding hydrogens is 370 g/mol. The largest absolute Gasteiger partial charge is 0.353 e. The molecule has 5 nitrogen and oxygen atoms in total. The Morgan fingerprint density at radius 3 is 2.32 bits per heavy atom. The highest BCUT2D eigenvalue weighted by atomic mass is 32.2. The predicted molar refractivity (Wildman–Crippen MR) is 114 cm³/mol. The molecule has 2 N–H and O–H groups in total. The third-order valence-electron chi connectivity index (χ3n) is 5.75. The Kier molecular flexibility index (Phi) is 8.07. The van der Waals surface area contributed by atoms with Gasteiger partial charge < -0.3 is 15.5 Å². The molecule has 3 rings (SSSR count). The Balaban J connectivity index is 1.35. The van der Waals surface area contributed by atoms with Gasteiger partial charge in [0.05, 0.1) is 0 Å². The summed E-state index contributed by atoms with van der Waals surface area (Å²) in [5, 5.41) is 6.38. The summed E-state index contributed by atoms with van der Waals surface area (Å²) in [6.07, 6.45) is 7.62. The molecular formula is C22H33N3O2S. The standard InChI is InChI=1S/C22H33N3O2S/c1-17(16-28-20-10-6-3-7-11-20)21(26)23-19-12-14-25(15-13-19)22(27)24-18-8-4-2-5-9-18/h3,6-7,10-11,17-19H,2,4-5,8-9,12-16H2,1H3,(H,23,26)(H,24,27). The number of amides is 3. The number of carbonyl (C=O) groups is 2. The molecule has 1 saturated carbocycles. The average molecular weight is 404 g/mol. The molecule has 1 aliphatic heterocycles. The minimum Gasteiger partial charge on any atom is -0.353 e. The maximum atomic E-state index is 12.5. The van der Waals surface area contributed by atoms with E-state index in [2.05, 4.69) is 22.8 Å². The van der Waals surface area contributed by atoms with Crippen LogP contribution in [-0.2, 0) is 4.79 Å². The van der Waals surface area contributed by atoms with Crippen molar-refractivity contribution in [2.45, 2.75) is 68.8 Å². The molecule has 1 aliphatic carbocycles. The topological polar surface area (TPSA) is 61.4 Å². The van der Waals surface area contributed by atoms with Crippen LogP contribution in [0.5, 0.6) is 0 Å². The Labute approximate surface area is 173 Å². The molecule has 0 aromatic heterocycles. The van der Waals surface area contributed by atoms with E-state index in [1.54, 1.807) is 11.8 Å². The van der Waals surface area contributed by atoms with Gasteiger partial charge in [-0.15, -0.1) is 11.8 Å². The van der Waals surface area contributed by atoms with Crippen molar-refractivity contribution in [1.82, 2.24) is 15.5 Å². The van der Waals surface area contributed by atoms with Gasteiger partial charge >= 0.3 is 6.03 Å². The van der Waals surface area contributed by atoms with Crippen LogP contribution in [-0.4, -0.2) is 47.8 Å². The van der Waals surface area contributed by atoms with Crippen LogP contribution in [0.1, 0.15) is 51.9 Å². The summed E-state index contributed by atoms with van der Waals surface area (Å²) in [7, 11) is 0. The third-order valence-corrected chi connectivity index (χ3v) is 7.02. The van der Waals surface area contributed by atoms with Crippen LogP contribution in [0.25, 0.3) is 0 Å². The first kappa shape index (κ1) is 21.0. The number of carbonyl (C=O) groups excluding carboxylic acids is 2. The van der Waals surface area contributed by atoms with Crippen molar-refractivity contribution in [2.75, 3.05) is 18.8 Å². The van der Waals surface area contributed by atoms with Crippen LogP contribution in [0.4, 0.5) is 4.79 Å². The molecule has 0 bridgehead atoms. The van der Waals surface area contributed by atoms with Crippen LogP contribution in [0.15, 0.2) is 35.2 Å². The molecule has 1 atom stereocenters. The van der Waals surface area contributed by atoms with Crippen LogP contribution >= 0.6 is 11.8 Å². The number of thioether (sulfide) groups is 1. The van der Waals surface area contributed by atoms with Gasteiger partial charge in [-0.2, -0.15) is 0 Å². The van der Waals surface area contributed by atoms with Crippen molar-refractivity contribution in [3.8, 4) is 0 Å². The molecule has 1 saturated heterocycles. The number of hydrogen-bond donors (Lipinski definition) is 2. The lowest BCUT2D eigenvalue weighted by atomic mass is 9.95. The van der Waals surface area contributed by atoms with Gasteiger partial charge in [0.15, 0.2) is 0 Å². The van der Waals surface area contributed by atoms with Gasteiger partial charge in [-0.1, -0.05) is 44.4 Å². The van der Waals surface area contributed by atoms with E-state index in [1.807, 2.05) is 30.0 Å². The second kappa shape index (κ2) is 10.7. The van der Waals surface area contributed by atoms with E-state index in [1.165, 1.54) is 24.2 Å². The Morgan fingerprint density at radius 1 is 1.00 bits per heavy atom. The number of piperidine rings is 1. The van der Waals surface area contributed by atoms with Gasteiger partial charge in [0.25, 0.3) is 0 Å². The lowest BCUT2D eigenvalue weighted by Gasteiger charge is -2.34. The summed E-state index contributed by atoms with van der Waals surface area (Å²) in [5.74, 6) is 0.866. The van der Waals surface area contributed by atoms with Crippen LogP contribution in [0.2, 0.25) is 0 Å². The Hall–Kier alpha value is -1.69. The fourth-order valence-corrected chi connectivity index (χ4v) is 4.84. The van der Waals surface area contributed by atoms with E-state index in [0.717, 1.165) is 44.5 Å². The molecule has 1 aromatic carbocycles. The number of rotatable bonds is 6. The monoisotopic (exact) mass is 403 g/mol. The molecule has 28 heavy (non-hydrogen) atoms. The quantitative estimate of drug-likeness (QED) is 0.705. The second-order valence-corrected chi connectivity index (χ2v) is 9.17. The third kappa shape index (κ3) is 6.43. The first-order chi connectivity index (χ1) is 13.6. The zero-order valence-electron chi connectivity index (χ0n) is 16.9. The zero-order valence-corrected chi connectivity index (χ0v) is 17.7. The molecule has 1 unspecified atom stereocenters. The van der Waals surface area contributed by atoms with Crippen molar-refractivity contribution < 1.29 is 9.59 Å². The molecule has 1 aromatic rings. The highest BCUT2D eigenvalue weighted by molar-refractivity contribution is 7.99. The molecule has 154 valence electrons. The summed E-state index contributed by atoms with van der Waals surface area (Å²) in [4.78, 5) is 28.0. The summed E-state index contributed by atoms with van der Waals surface area (Å²) in [6.45, 7) is 3.42. The van der Waals surface area contributed by atoms with Gasteiger partial charge in [0.2, 0.25) is 5.91 Å². The summed E-state index contributed by atoms with van der Waals surface area (Å²) >= 11 is 1.72. The van der Waals surface area contributed by atoms with Gasteiger partial charge in [-0.25, -0.2) is 4.79 Å². The molecule has 3 amide bonds. The van der Waals surface area contributed by atoms with E-state index in [-0.39, 0.29) is 23.9 Å². The van der Waals surface area contributed by atoms with E-state index >= 15 is 0 Å². The summed E-state index contributed by atoms with van der Waals surface area (Å²) in [5.41, 5.74) is 0. The van der Waals surface area contributed by atoms with E-state index in [4.69, 9.17) is 0 Å². The minimum atomic E-state index is -0.0298. The number of hydrogen-bond acceptors (Lipinski definition) is 3. The molecule has 0 radical (unpaired) electrons. The molecule has 0 spiro atoms. The predicted octanol–water partition coefficient (Wildman–Crippen LogP) is 4.04. The van der Waals surface area contributed by atoms with Gasteiger partial charge in [-0.05, 0) is 37.8 Å². The summed E-state index contributed by atoms with van der Waals surface area (Å²) in [6, 6.07) is 10.8. The van der Waals surface area contributed by atoms with Crippen molar-refractivity contribution in [3.05, 3.63) is 30.3 Å². The van der Waals surface area contributed by atoms with Gasteiger partial charge in [-0.3, -0.25) is 4.79 Å². The first-order valence-electron chi connectivity index (χ1n) is 10.7. The Morgan fingerprint density at radius 2 is 1.64 bits per heavy atom. The molecule has 6 heteroatoms. The lowest BCUT2D eigenvalue weighted by Crippen LogP contribution is -2.52. The van der Waals surface area contributed by atoms with Gasteiger partial charge in [0.1, 0.15) is 0 Å². The number of likely N-dealkylation sites (tertiary alicyclic amines) is 1. The van der Waals surface area contributed by atoms with Crippen molar-refractivity contribution in [2.24, 2.45) is 5.92 Å². The van der Waals surface area contributed by atoms with Crippen molar-refractivity contribution in [3.63, 3.8) is 0 Å². The van der Waals surface area contributed by atoms with Crippen LogP contribution < -0.4 is 10.6 Å². The number of nitrogens with one attached hydrogen (secondary N) is 2. The second-order valence-electron chi connectivity index (χ2n) is 8.08. The van der Waals surface area contributed by atoms with Crippen molar-refractivity contribution >= 4 is 23.7 Å². The smallest absolute Gasteiger partial charge is 0.317 e. The van der Waals surface area contributed by atoms with Crippen LogP contribution in [0.3, 0.4) is 0 Å². The van der Waals surface area contributed by atoms with Crippen LogP contribution in [0, 0.1) is 5.92 Å². The minimum absolute atomic E-state index is 0.0298. The fourth-order valence-electron chi connectivity index (χ4n) is 3.90.